The van der Waals surface area contributed by atoms with E-state index in [1.165, 1.54) is 22.4 Å². The van der Waals surface area contributed by atoms with E-state index < -0.39 is 6.04 Å². The number of imidazole rings is 1. The van der Waals surface area contributed by atoms with Crippen LogP contribution < -0.4 is 9.80 Å². The normalized spacial score (nSPS) is 16.5. The van der Waals surface area contributed by atoms with Crippen LogP contribution in [0.2, 0.25) is 0 Å². The van der Waals surface area contributed by atoms with Gasteiger partial charge >= 0.3 is 0 Å². The molecule has 0 N–H and O–H groups in total. The summed E-state index contributed by atoms with van der Waals surface area (Å²) in [4.78, 5) is 37.2. The monoisotopic (exact) mass is 457 g/mol. The number of carbonyl (C=O) groups excluding carboxylic acids is 2. The largest absolute Gasteiger partial charge is 0.368 e. The number of benzene rings is 2. The average molecular weight is 458 g/mol. The summed E-state index contributed by atoms with van der Waals surface area (Å²) in [7, 11) is 0. The highest BCUT2D eigenvalue weighted by molar-refractivity contribution is 6.00. The molecule has 176 valence electrons. The first-order chi connectivity index (χ1) is 16.5. The molecule has 5 rings (SSSR count). The minimum absolute atomic E-state index is 0.0140. The van der Waals surface area contributed by atoms with Gasteiger partial charge in [0.2, 0.25) is 5.91 Å². The fourth-order valence-electron chi connectivity index (χ4n) is 5.07. The van der Waals surface area contributed by atoms with Gasteiger partial charge in [0.05, 0.1) is 12.7 Å². The van der Waals surface area contributed by atoms with Crippen LogP contribution in [0, 0.1) is 13.8 Å². The quantitative estimate of drug-likeness (QED) is 0.589. The SMILES string of the molecule is Cc1ccc(C)c(N2CCN(C(=O)C[C@@H](C(=O)N3CCc4ccccc43)n3ccnc3)CC2)c1. The van der Waals surface area contributed by atoms with Gasteiger partial charge in [-0.05, 0) is 49.1 Å². The third kappa shape index (κ3) is 4.30. The van der Waals surface area contributed by atoms with Crippen molar-refractivity contribution in [3.63, 3.8) is 0 Å². The van der Waals surface area contributed by atoms with Gasteiger partial charge in [0.25, 0.3) is 5.91 Å². The van der Waals surface area contributed by atoms with E-state index in [2.05, 4.69) is 48.0 Å². The standard InChI is InChI=1S/C27H31N5O2/c1-20-7-8-21(2)24(17-20)29-13-15-30(16-14-29)26(33)18-25(31-12-10-28-19-31)27(34)32-11-9-22-5-3-4-6-23(22)32/h3-8,10,12,17,19,25H,9,11,13-16,18H2,1-2H3/t25-/m0/s1. The molecular formula is C27H31N5O2. The van der Waals surface area contributed by atoms with Gasteiger partial charge in [-0.2, -0.15) is 0 Å². The lowest BCUT2D eigenvalue weighted by atomic mass is 10.1. The smallest absolute Gasteiger partial charge is 0.250 e. The van der Waals surface area contributed by atoms with Crippen molar-refractivity contribution in [2.75, 3.05) is 42.5 Å². The molecule has 1 fully saturated rings. The van der Waals surface area contributed by atoms with Crippen LogP contribution in [0.3, 0.4) is 0 Å². The second-order valence-corrected chi connectivity index (χ2v) is 9.26. The van der Waals surface area contributed by atoms with Crippen molar-refractivity contribution in [3.05, 3.63) is 77.9 Å². The Balaban J connectivity index is 1.28. The molecule has 1 atom stereocenters. The third-order valence-corrected chi connectivity index (χ3v) is 7.03. The predicted octanol–water partition coefficient (Wildman–Crippen LogP) is 3.37. The van der Waals surface area contributed by atoms with Gasteiger partial charge in [0, 0.05) is 56.5 Å². The highest BCUT2D eigenvalue weighted by Crippen LogP contribution is 2.31. The maximum atomic E-state index is 13.6. The Morgan fingerprint density at radius 3 is 2.53 bits per heavy atom. The predicted molar refractivity (Wildman–Crippen MR) is 133 cm³/mol. The number of aromatic nitrogens is 2. The number of rotatable bonds is 5. The van der Waals surface area contributed by atoms with E-state index in [1.807, 2.05) is 28.0 Å². The summed E-state index contributed by atoms with van der Waals surface area (Å²) < 4.78 is 1.77. The minimum Gasteiger partial charge on any atom is -0.368 e. The van der Waals surface area contributed by atoms with Crippen molar-refractivity contribution < 1.29 is 9.59 Å². The minimum atomic E-state index is -0.599. The Bertz CT molecular complexity index is 1180. The van der Waals surface area contributed by atoms with E-state index in [1.54, 1.807) is 23.3 Å². The second kappa shape index (κ2) is 9.33. The third-order valence-electron chi connectivity index (χ3n) is 7.03. The van der Waals surface area contributed by atoms with Crippen LogP contribution >= 0.6 is 0 Å². The number of fused-ring (bicyclic) bond motifs is 1. The lowest BCUT2D eigenvalue weighted by Crippen LogP contribution is -2.50. The van der Waals surface area contributed by atoms with Crippen molar-refractivity contribution in [2.45, 2.75) is 32.7 Å². The highest BCUT2D eigenvalue weighted by atomic mass is 16.2. The van der Waals surface area contributed by atoms with Crippen LogP contribution in [0.5, 0.6) is 0 Å². The molecule has 1 saturated heterocycles. The number of carbonyl (C=O) groups is 2. The zero-order chi connectivity index (χ0) is 23.7. The van der Waals surface area contributed by atoms with E-state index in [4.69, 9.17) is 0 Å². The van der Waals surface area contributed by atoms with Gasteiger partial charge in [0.15, 0.2) is 0 Å². The van der Waals surface area contributed by atoms with E-state index in [0.717, 1.165) is 25.2 Å². The number of amides is 2. The van der Waals surface area contributed by atoms with E-state index in [0.29, 0.717) is 19.6 Å². The molecule has 0 bridgehead atoms. The fourth-order valence-corrected chi connectivity index (χ4v) is 5.07. The van der Waals surface area contributed by atoms with Crippen molar-refractivity contribution in [1.29, 1.82) is 0 Å². The van der Waals surface area contributed by atoms with Gasteiger partial charge in [-0.15, -0.1) is 0 Å². The van der Waals surface area contributed by atoms with Crippen LogP contribution in [0.4, 0.5) is 11.4 Å². The molecule has 2 aliphatic heterocycles. The number of hydrogen-bond acceptors (Lipinski definition) is 4. The van der Waals surface area contributed by atoms with Crippen molar-refractivity contribution >= 4 is 23.2 Å². The lowest BCUT2D eigenvalue weighted by Gasteiger charge is -2.37. The second-order valence-electron chi connectivity index (χ2n) is 9.26. The first-order valence-corrected chi connectivity index (χ1v) is 12.0. The Morgan fingerprint density at radius 2 is 1.76 bits per heavy atom. The number of piperazine rings is 1. The summed E-state index contributed by atoms with van der Waals surface area (Å²) in [6, 6.07) is 13.9. The summed E-state index contributed by atoms with van der Waals surface area (Å²) in [5, 5.41) is 0. The molecule has 0 saturated carbocycles. The molecule has 0 radical (unpaired) electrons. The average Bonchev–Trinajstić information content (AvgIpc) is 3.54. The van der Waals surface area contributed by atoms with Crippen LogP contribution in [-0.4, -0.2) is 59.0 Å². The molecule has 0 unspecified atom stereocenters. The molecule has 0 aliphatic carbocycles. The first kappa shape index (κ1) is 22.2. The van der Waals surface area contributed by atoms with Crippen molar-refractivity contribution in [1.82, 2.24) is 14.5 Å². The molecule has 3 heterocycles. The highest BCUT2D eigenvalue weighted by Gasteiger charge is 2.34. The van der Waals surface area contributed by atoms with Crippen LogP contribution in [0.25, 0.3) is 0 Å². The first-order valence-electron chi connectivity index (χ1n) is 12.0. The van der Waals surface area contributed by atoms with Crippen LogP contribution in [0.1, 0.15) is 29.2 Å². The zero-order valence-corrected chi connectivity index (χ0v) is 19.9. The Kier molecular flexibility index (Phi) is 6.09. The maximum Gasteiger partial charge on any atom is 0.250 e. The molecule has 0 spiro atoms. The van der Waals surface area contributed by atoms with E-state index >= 15 is 0 Å². The molecule has 2 amide bonds. The summed E-state index contributed by atoms with van der Waals surface area (Å²) >= 11 is 0. The summed E-state index contributed by atoms with van der Waals surface area (Å²) in [6.07, 6.45) is 6.04. The summed E-state index contributed by atoms with van der Waals surface area (Å²) in [5.41, 5.74) is 5.86. The van der Waals surface area contributed by atoms with Crippen LogP contribution in [-0.2, 0) is 16.0 Å². The molecule has 2 aromatic carbocycles. The molecule has 34 heavy (non-hydrogen) atoms. The molecule has 1 aromatic heterocycles. The van der Waals surface area contributed by atoms with Gasteiger partial charge < -0.3 is 19.3 Å². The topological polar surface area (TPSA) is 61.7 Å². The zero-order valence-electron chi connectivity index (χ0n) is 19.9. The summed E-state index contributed by atoms with van der Waals surface area (Å²) in [6.45, 7) is 7.77. The van der Waals surface area contributed by atoms with E-state index in [9.17, 15) is 9.59 Å². The van der Waals surface area contributed by atoms with Crippen molar-refractivity contribution in [3.8, 4) is 0 Å². The number of nitrogens with zero attached hydrogens (tertiary/aromatic N) is 5. The van der Waals surface area contributed by atoms with Gasteiger partial charge in [-0.3, -0.25) is 9.59 Å². The summed E-state index contributed by atoms with van der Waals surface area (Å²) in [5.74, 6) is -0.0366. The molecule has 7 heteroatoms. The van der Waals surface area contributed by atoms with Gasteiger partial charge in [0.1, 0.15) is 6.04 Å². The maximum absolute atomic E-state index is 13.6. The molecular weight excluding hydrogens is 426 g/mol. The lowest BCUT2D eigenvalue weighted by molar-refractivity contribution is -0.135. The molecule has 3 aromatic rings. The molecule has 7 nitrogen and oxygen atoms in total. The Morgan fingerprint density at radius 1 is 0.971 bits per heavy atom. The number of aryl methyl sites for hydroxylation is 2. The Labute approximate surface area is 200 Å². The number of anilines is 2. The van der Waals surface area contributed by atoms with Crippen molar-refractivity contribution in [2.24, 2.45) is 0 Å². The van der Waals surface area contributed by atoms with Crippen LogP contribution in [0.15, 0.2) is 61.2 Å². The fraction of sp³-hybridized carbons (Fsp3) is 0.370. The van der Waals surface area contributed by atoms with Gasteiger partial charge in [-0.1, -0.05) is 30.3 Å². The Hall–Kier alpha value is -3.61. The van der Waals surface area contributed by atoms with E-state index in [-0.39, 0.29) is 18.2 Å². The molecule has 2 aliphatic rings. The number of hydrogen-bond donors (Lipinski definition) is 0. The van der Waals surface area contributed by atoms with Gasteiger partial charge in [-0.25, -0.2) is 4.98 Å². The number of para-hydroxylation sites is 1.